The zero-order chi connectivity index (χ0) is 15.6. The Labute approximate surface area is 135 Å². The molecule has 1 aliphatic rings. The smallest absolute Gasteiger partial charge is 0.242 e. The summed E-state index contributed by atoms with van der Waals surface area (Å²) in [4.78, 5) is -0.00672. The van der Waals surface area contributed by atoms with E-state index in [2.05, 4.69) is 11.6 Å². The molecule has 1 aliphatic carbocycles. The molecule has 0 amide bonds. The fourth-order valence-electron chi connectivity index (χ4n) is 2.63. The summed E-state index contributed by atoms with van der Waals surface area (Å²) in [5, 5.41) is 0.325. The van der Waals surface area contributed by atoms with Gasteiger partial charge in [-0.15, -0.1) is 0 Å². The van der Waals surface area contributed by atoms with Crippen LogP contribution in [0.3, 0.4) is 0 Å². The third kappa shape index (κ3) is 3.83. The predicted molar refractivity (Wildman–Crippen MR) is 84.8 cm³/mol. The summed E-state index contributed by atoms with van der Waals surface area (Å²) in [7, 11) is -2.24. The third-order valence-electron chi connectivity index (χ3n) is 3.91. The summed E-state index contributed by atoms with van der Waals surface area (Å²) in [5.74, 6) is 0.674. The van der Waals surface area contributed by atoms with Gasteiger partial charge in [0.25, 0.3) is 0 Å². The second kappa shape index (κ2) is 6.73. The van der Waals surface area contributed by atoms with Crippen molar-refractivity contribution < 1.29 is 13.2 Å². The highest BCUT2D eigenvalue weighted by Crippen LogP contribution is 2.34. The summed E-state index contributed by atoms with van der Waals surface area (Å²) in [6.45, 7) is 2.06. The van der Waals surface area contributed by atoms with Crippen LogP contribution in [0.15, 0.2) is 17.0 Å². The molecule has 1 fully saturated rings. The van der Waals surface area contributed by atoms with Crippen LogP contribution < -0.4 is 9.46 Å². The summed E-state index contributed by atoms with van der Waals surface area (Å²) in [6.07, 6.45) is 4.06. The molecule has 0 heterocycles. The molecule has 0 saturated heterocycles. The summed E-state index contributed by atoms with van der Waals surface area (Å²) in [5.41, 5.74) is 0. The van der Waals surface area contributed by atoms with Crippen LogP contribution in [0.5, 0.6) is 5.75 Å². The van der Waals surface area contributed by atoms with Crippen LogP contribution in [0.25, 0.3) is 0 Å². The number of ether oxygens (including phenoxy) is 1. The maximum absolute atomic E-state index is 12.5. The zero-order valence-electron chi connectivity index (χ0n) is 12.0. The third-order valence-corrected chi connectivity index (χ3v) is 6.16. The lowest BCUT2D eigenvalue weighted by molar-refractivity contribution is 0.310. The molecular weight excluding hydrogens is 333 g/mol. The van der Waals surface area contributed by atoms with Gasteiger partial charge in [0, 0.05) is 12.1 Å². The number of nitrogens with one attached hydrogen (secondary N) is 1. The lowest BCUT2D eigenvalue weighted by Gasteiger charge is -2.29. The van der Waals surface area contributed by atoms with Crippen molar-refractivity contribution in [1.82, 2.24) is 4.72 Å². The van der Waals surface area contributed by atoms with Gasteiger partial charge >= 0.3 is 0 Å². The summed E-state index contributed by atoms with van der Waals surface area (Å²) < 4.78 is 32.8. The molecule has 118 valence electrons. The first-order valence-corrected chi connectivity index (χ1v) is 9.14. The van der Waals surface area contributed by atoms with Gasteiger partial charge in [0.1, 0.15) is 10.6 Å². The van der Waals surface area contributed by atoms with Crippen LogP contribution in [-0.2, 0) is 10.0 Å². The van der Waals surface area contributed by atoms with Crippen molar-refractivity contribution in [3.8, 4) is 5.75 Å². The van der Waals surface area contributed by atoms with E-state index < -0.39 is 10.0 Å². The number of hydrogen-bond acceptors (Lipinski definition) is 3. The lowest BCUT2D eigenvalue weighted by Crippen LogP contribution is -2.41. The summed E-state index contributed by atoms with van der Waals surface area (Å²) >= 11 is 12.1. The molecule has 1 aromatic carbocycles. The normalized spacial score (nSPS) is 23.0. The first kappa shape index (κ1) is 16.9. The molecule has 1 N–H and O–H groups in total. The summed E-state index contributed by atoms with van der Waals surface area (Å²) in [6, 6.07) is 2.70. The quantitative estimate of drug-likeness (QED) is 0.895. The minimum absolute atomic E-state index is 0.00672. The lowest BCUT2D eigenvalue weighted by atomic mass is 9.87. The van der Waals surface area contributed by atoms with Gasteiger partial charge in [0.15, 0.2) is 0 Å². The maximum Gasteiger partial charge on any atom is 0.242 e. The molecule has 0 radical (unpaired) electrons. The number of sulfonamides is 1. The molecule has 2 atom stereocenters. The molecule has 21 heavy (non-hydrogen) atoms. The fourth-order valence-corrected chi connectivity index (χ4v) is 4.86. The van der Waals surface area contributed by atoms with Crippen molar-refractivity contribution in [2.75, 3.05) is 7.11 Å². The van der Waals surface area contributed by atoms with Gasteiger partial charge in [-0.3, -0.25) is 0 Å². The maximum atomic E-state index is 12.5. The number of hydrogen-bond donors (Lipinski definition) is 1. The van der Waals surface area contributed by atoms with E-state index in [-0.39, 0.29) is 21.0 Å². The van der Waals surface area contributed by atoms with Gasteiger partial charge < -0.3 is 4.74 Å². The first-order chi connectivity index (χ1) is 9.85. The van der Waals surface area contributed by atoms with Gasteiger partial charge in [-0.25, -0.2) is 13.1 Å². The standard InChI is InChI=1S/C14H19Cl2NO3S/c1-9-5-3-4-6-12(9)17-21(18,19)14-8-10(15)13(20-2)7-11(14)16/h7-9,12,17H,3-6H2,1-2H3/t9-,12+/m0/s1. The topological polar surface area (TPSA) is 55.4 Å². The molecule has 1 aromatic rings. The van der Waals surface area contributed by atoms with E-state index in [4.69, 9.17) is 27.9 Å². The monoisotopic (exact) mass is 351 g/mol. The van der Waals surface area contributed by atoms with Crippen LogP contribution in [0.2, 0.25) is 10.0 Å². The molecule has 1 saturated carbocycles. The Balaban J connectivity index is 2.29. The molecule has 7 heteroatoms. The van der Waals surface area contributed by atoms with Crippen molar-refractivity contribution in [3.05, 3.63) is 22.2 Å². The zero-order valence-corrected chi connectivity index (χ0v) is 14.4. The van der Waals surface area contributed by atoms with Gasteiger partial charge in [0.2, 0.25) is 10.0 Å². The predicted octanol–water partition coefficient (Wildman–Crippen LogP) is 3.86. The van der Waals surface area contributed by atoms with Gasteiger partial charge in [-0.1, -0.05) is 43.0 Å². The van der Waals surface area contributed by atoms with Crippen LogP contribution in [0.4, 0.5) is 0 Å². The van der Waals surface area contributed by atoms with Gasteiger partial charge in [-0.2, -0.15) is 0 Å². The molecule has 2 rings (SSSR count). The van der Waals surface area contributed by atoms with Crippen molar-refractivity contribution in [2.24, 2.45) is 5.92 Å². The molecule has 0 spiro atoms. The second-order valence-corrected chi connectivity index (χ2v) is 7.90. The Kier molecular flexibility index (Phi) is 5.41. The Bertz CT molecular complexity index is 619. The van der Waals surface area contributed by atoms with Crippen LogP contribution in [0.1, 0.15) is 32.6 Å². The molecule has 0 aromatic heterocycles. The Morgan fingerprint density at radius 2 is 1.86 bits per heavy atom. The number of halogens is 2. The highest BCUT2D eigenvalue weighted by Gasteiger charge is 2.28. The van der Waals surface area contributed by atoms with E-state index in [1.54, 1.807) is 0 Å². The molecular formula is C14H19Cl2NO3S. The minimum atomic E-state index is -3.69. The van der Waals surface area contributed by atoms with Gasteiger partial charge in [0.05, 0.1) is 17.2 Å². The average Bonchev–Trinajstić information content (AvgIpc) is 2.43. The van der Waals surface area contributed by atoms with Crippen molar-refractivity contribution in [1.29, 1.82) is 0 Å². The largest absolute Gasteiger partial charge is 0.495 e. The Morgan fingerprint density at radius 3 is 2.48 bits per heavy atom. The Hall–Kier alpha value is -0.490. The van der Waals surface area contributed by atoms with Crippen molar-refractivity contribution in [2.45, 2.75) is 43.5 Å². The number of rotatable bonds is 4. The fraction of sp³-hybridized carbons (Fsp3) is 0.571. The Morgan fingerprint density at radius 1 is 1.19 bits per heavy atom. The van der Waals surface area contributed by atoms with E-state index in [1.165, 1.54) is 19.2 Å². The first-order valence-electron chi connectivity index (χ1n) is 6.90. The molecule has 4 nitrogen and oxygen atoms in total. The SMILES string of the molecule is COc1cc(Cl)c(S(=O)(=O)N[C@@H]2CCCC[C@@H]2C)cc1Cl. The molecule has 0 bridgehead atoms. The van der Waals surface area contributed by atoms with E-state index >= 15 is 0 Å². The number of benzene rings is 1. The van der Waals surface area contributed by atoms with E-state index in [0.717, 1.165) is 25.7 Å². The van der Waals surface area contributed by atoms with Crippen LogP contribution >= 0.6 is 23.2 Å². The average molecular weight is 352 g/mol. The second-order valence-electron chi connectivity index (χ2n) is 5.41. The number of methoxy groups -OCH3 is 1. The highest BCUT2D eigenvalue weighted by molar-refractivity contribution is 7.89. The molecule has 0 aliphatic heterocycles. The van der Waals surface area contributed by atoms with Crippen LogP contribution in [0, 0.1) is 5.92 Å². The highest BCUT2D eigenvalue weighted by atomic mass is 35.5. The minimum Gasteiger partial charge on any atom is -0.495 e. The molecule has 0 unspecified atom stereocenters. The van der Waals surface area contributed by atoms with E-state index in [0.29, 0.717) is 11.7 Å². The van der Waals surface area contributed by atoms with Crippen molar-refractivity contribution in [3.63, 3.8) is 0 Å². The van der Waals surface area contributed by atoms with Crippen LogP contribution in [-0.4, -0.2) is 21.6 Å². The van der Waals surface area contributed by atoms with Crippen molar-refractivity contribution >= 4 is 33.2 Å². The van der Waals surface area contributed by atoms with Gasteiger partial charge in [-0.05, 0) is 24.8 Å². The van der Waals surface area contributed by atoms with E-state index in [1.807, 2.05) is 0 Å². The van der Waals surface area contributed by atoms with E-state index in [9.17, 15) is 8.42 Å².